The fraction of sp³-hybridized carbons (Fsp3) is 0.483. The molecule has 0 atom stereocenters. The summed E-state index contributed by atoms with van der Waals surface area (Å²) < 4.78 is 11.1. The highest BCUT2D eigenvalue weighted by Gasteiger charge is 2.14. The molecular formula is C29H40NO3PS. The van der Waals surface area contributed by atoms with Crippen LogP contribution in [0.4, 0.5) is 0 Å². The molecule has 2 N–H and O–H groups in total. The third-order valence-electron chi connectivity index (χ3n) is 6.43. The van der Waals surface area contributed by atoms with E-state index in [1.807, 2.05) is 0 Å². The van der Waals surface area contributed by atoms with E-state index in [9.17, 15) is 4.57 Å². The smallest absolute Gasteiger partial charge is 0.324 e. The van der Waals surface area contributed by atoms with Gasteiger partial charge in [0, 0.05) is 17.4 Å². The highest BCUT2D eigenvalue weighted by molar-refractivity contribution is 7.51. The third kappa shape index (κ3) is 8.99. The SMILES string of the molecule is CCCCCCc1ccc(-c2ccc(CCCCCP(=O)(O)O)nc2-c2cccs2)cc1CCC. The Bertz CT molecular complexity index is 1090. The van der Waals surface area contributed by atoms with Crippen molar-refractivity contribution in [2.45, 2.75) is 84.5 Å². The van der Waals surface area contributed by atoms with E-state index in [-0.39, 0.29) is 6.16 Å². The van der Waals surface area contributed by atoms with Crippen LogP contribution in [0.1, 0.15) is 82.0 Å². The minimum absolute atomic E-state index is 0.0332. The summed E-state index contributed by atoms with van der Waals surface area (Å²) in [4.78, 5) is 24.3. The number of rotatable bonds is 15. The van der Waals surface area contributed by atoms with Gasteiger partial charge in [-0.05, 0) is 72.7 Å². The predicted octanol–water partition coefficient (Wildman–Crippen LogP) is 8.44. The van der Waals surface area contributed by atoms with Gasteiger partial charge < -0.3 is 9.79 Å². The average molecular weight is 514 g/mol. The summed E-state index contributed by atoms with van der Waals surface area (Å²) in [6.45, 7) is 4.51. The molecule has 0 saturated heterocycles. The van der Waals surface area contributed by atoms with E-state index >= 15 is 0 Å². The zero-order chi connectivity index (χ0) is 25.1. The van der Waals surface area contributed by atoms with Crippen LogP contribution in [0.25, 0.3) is 21.7 Å². The van der Waals surface area contributed by atoms with Gasteiger partial charge in [-0.15, -0.1) is 11.3 Å². The summed E-state index contributed by atoms with van der Waals surface area (Å²) >= 11 is 1.71. The summed E-state index contributed by atoms with van der Waals surface area (Å²) in [6, 6.07) is 15.5. The minimum Gasteiger partial charge on any atom is -0.324 e. The third-order valence-corrected chi connectivity index (χ3v) is 8.20. The molecule has 0 spiro atoms. The molecule has 190 valence electrons. The van der Waals surface area contributed by atoms with E-state index in [1.165, 1.54) is 52.8 Å². The summed E-state index contributed by atoms with van der Waals surface area (Å²) in [5.74, 6) is 0. The summed E-state index contributed by atoms with van der Waals surface area (Å²) in [7, 11) is -3.90. The number of unbranched alkanes of at least 4 members (excludes halogenated alkanes) is 5. The van der Waals surface area contributed by atoms with Gasteiger partial charge in [0.05, 0.1) is 10.6 Å². The Morgan fingerprint density at radius 2 is 1.63 bits per heavy atom. The Hall–Kier alpha value is -1.78. The average Bonchev–Trinajstić information content (AvgIpc) is 3.37. The second-order valence-corrected chi connectivity index (χ2v) is 12.1. The molecular weight excluding hydrogens is 473 g/mol. The Morgan fingerprint density at radius 1 is 0.829 bits per heavy atom. The van der Waals surface area contributed by atoms with E-state index in [0.29, 0.717) is 6.42 Å². The van der Waals surface area contributed by atoms with Crippen molar-refractivity contribution in [3.05, 3.63) is 64.7 Å². The predicted molar refractivity (Wildman–Crippen MR) is 149 cm³/mol. The largest absolute Gasteiger partial charge is 0.325 e. The van der Waals surface area contributed by atoms with Gasteiger partial charge in [0.15, 0.2) is 0 Å². The maximum atomic E-state index is 11.1. The Balaban J connectivity index is 1.81. The van der Waals surface area contributed by atoms with Gasteiger partial charge in [-0.1, -0.05) is 76.3 Å². The number of hydrogen-bond donors (Lipinski definition) is 2. The van der Waals surface area contributed by atoms with Crippen LogP contribution in [0.5, 0.6) is 0 Å². The van der Waals surface area contributed by atoms with Crippen molar-refractivity contribution in [1.29, 1.82) is 0 Å². The molecule has 3 aromatic rings. The maximum absolute atomic E-state index is 11.1. The molecule has 1 aromatic carbocycles. The fourth-order valence-corrected chi connectivity index (χ4v) is 5.92. The zero-order valence-electron chi connectivity index (χ0n) is 21.2. The summed E-state index contributed by atoms with van der Waals surface area (Å²) in [5, 5.41) is 2.09. The van der Waals surface area contributed by atoms with Crippen LogP contribution in [0.15, 0.2) is 47.8 Å². The molecule has 0 fully saturated rings. The number of thiophene rings is 1. The number of nitrogens with zero attached hydrogens (tertiary/aromatic N) is 1. The quantitative estimate of drug-likeness (QED) is 0.158. The molecule has 3 rings (SSSR count). The molecule has 6 heteroatoms. The van der Waals surface area contributed by atoms with Crippen molar-refractivity contribution >= 4 is 18.9 Å². The van der Waals surface area contributed by atoms with E-state index in [2.05, 4.69) is 61.7 Å². The van der Waals surface area contributed by atoms with Crippen molar-refractivity contribution < 1.29 is 14.4 Å². The number of aromatic nitrogens is 1. The van der Waals surface area contributed by atoms with Crippen molar-refractivity contribution in [2.24, 2.45) is 0 Å². The Labute approximate surface area is 215 Å². The first-order valence-electron chi connectivity index (χ1n) is 13.1. The number of hydrogen-bond acceptors (Lipinski definition) is 3. The molecule has 2 heterocycles. The van der Waals surface area contributed by atoms with Crippen LogP contribution in [-0.4, -0.2) is 20.9 Å². The topological polar surface area (TPSA) is 70.4 Å². The normalized spacial score (nSPS) is 11.8. The van der Waals surface area contributed by atoms with Gasteiger partial charge in [0.1, 0.15) is 0 Å². The van der Waals surface area contributed by atoms with E-state index in [0.717, 1.165) is 49.9 Å². The lowest BCUT2D eigenvalue weighted by Gasteiger charge is -2.15. The van der Waals surface area contributed by atoms with Crippen molar-refractivity contribution in [3.8, 4) is 21.7 Å². The van der Waals surface area contributed by atoms with Crippen LogP contribution in [0.2, 0.25) is 0 Å². The van der Waals surface area contributed by atoms with Crippen molar-refractivity contribution in [1.82, 2.24) is 4.98 Å². The van der Waals surface area contributed by atoms with Crippen LogP contribution < -0.4 is 0 Å². The lowest BCUT2D eigenvalue weighted by atomic mass is 9.92. The van der Waals surface area contributed by atoms with Gasteiger partial charge in [-0.2, -0.15) is 0 Å². The number of aryl methyl sites for hydroxylation is 3. The van der Waals surface area contributed by atoms with Gasteiger partial charge in [-0.25, -0.2) is 0 Å². The standard InChI is InChI=1S/C29H40NO3PS/c1-3-5-6-8-13-23-16-17-25(22-24(23)12-4-2)27-19-18-26(14-9-7-10-20-34(31,32)33)30-29(27)28-15-11-21-35-28/h11,15-19,21-22H,3-10,12-14,20H2,1-2H3,(H2,31,32,33). The van der Waals surface area contributed by atoms with Crippen molar-refractivity contribution in [2.75, 3.05) is 6.16 Å². The highest BCUT2D eigenvalue weighted by atomic mass is 32.1. The maximum Gasteiger partial charge on any atom is 0.325 e. The van der Waals surface area contributed by atoms with Crippen molar-refractivity contribution in [3.63, 3.8) is 0 Å². The fourth-order valence-electron chi connectivity index (χ4n) is 4.56. The lowest BCUT2D eigenvalue weighted by Crippen LogP contribution is -1.98. The number of benzene rings is 1. The zero-order valence-corrected chi connectivity index (χ0v) is 22.9. The molecule has 2 aromatic heterocycles. The van der Waals surface area contributed by atoms with Gasteiger partial charge in [0.25, 0.3) is 0 Å². The monoisotopic (exact) mass is 513 g/mol. The first-order valence-corrected chi connectivity index (χ1v) is 15.8. The highest BCUT2D eigenvalue weighted by Crippen LogP contribution is 2.36. The molecule has 0 bridgehead atoms. The summed E-state index contributed by atoms with van der Waals surface area (Å²) in [5.41, 5.74) is 7.43. The minimum atomic E-state index is -3.90. The van der Waals surface area contributed by atoms with E-state index in [1.54, 1.807) is 11.3 Å². The van der Waals surface area contributed by atoms with Gasteiger partial charge in [-0.3, -0.25) is 9.55 Å². The molecule has 0 amide bonds. The lowest BCUT2D eigenvalue weighted by molar-refractivity contribution is 0.371. The van der Waals surface area contributed by atoms with E-state index in [4.69, 9.17) is 14.8 Å². The Morgan fingerprint density at radius 3 is 2.34 bits per heavy atom. The van der Waals surface area contributed by atoms with E-state index < -0.39 is 7.60 Å². The van der Waals surface area contributed by atoms with Gasteiger partial charge >= 0.3 is 7.60 Å². The second kappa shape index (κ2) is 14.1. The molecule has 0 saturated carbocycles. The second-order valence-electron chi connectivity index (χ2n) is 9.42. The van der Waals surface area contributed by atoms with Crippen LogP contribution in [-0.2, 0) is 23.8 Å². The molecule has 0 aliphatic heterocycles. The van der Waals surface area contributed by atoms with Crippen LogP contribution in [0, 0.1) is 0 Å². The first kappa shape index (κ1) is 27.8. The molecule has 0 aliphatic rings. The molecule has 0 radical (unpaired) electrons. The summed E-state index contributed by atoms with van der Waals surface area (Å²) in [6.07, 6.45) is 11.5. The van der Waals surface area contributed by atoms with Gasteiger partial charge in [0.2, 0.25) is 0 Å². The molecule has 0 unspecified atom stereocenters. The molecule has 4 nitrogen and oxygen atoms in total. The van der Waals surface area contributed by atoms with Crippen LogP contribution >= 0.6 is 18.9 Å². The molecule has 35 heavy (non-hydrogen) atoms. The Kier molecular flexibility index (Phi) is 11.2. The van der Waals surface area contributed by atoms with Crippen LogP contribution in [0.3, 0.4) is 0 Å². The molecule has 0 aliphatic carbocycles. The number of pyridine rings is 1. The first-order chi connectivity index (χ1) is 16.9.